The maximum Gasteiger partial charge on any atom is 0.240 e. The lowest BCUT2D eigenvalue weighted by Crippen LogP contribution is -2.26. The van der Waals surface area contributed by atoms with Crippen LogP contribution in [0.25, 0.3) is 0 Å². The zero-order chi connectivity index (χ0) is 16.7. The number of nitrogens with one attached hydrogen (secondary N) is 1. The van der Waals surface area contributed by atoms with Gasteiger partial charge < -0.3 is 5.11 Å². The molecule has 0 spiro atoms. The average Bonchev–Trinajstić information content (AvgIpc) is 2.37. The van der Waals surface area contributed by atoms with E-state index in [1.807, 2.05) is 12.1 Å². The lowest BCUT2D eigenvalue weighted by atomic mass is 9.78. The number of amides is 1. The van der Waals surface area contributed by atoms with E-state index in [2.05, 4.69) is 52.1 Å². The SMILES string of the molecule is CC(C)(C)c1cc(C2=NNC(=O)CC2)cc(C(C)(C)C)c1O. The molecular formula is C18H26N2O2. The van der Waals surface area contributed by atoms with E-state index in [-0.39, 0.29) is 16.7 Å². The first-order valence-corrected chi connectivity index (χ1v) is 7.74. The van der Waals surface area contributed by atoms with Crippen molar-refractivity contribution in [3.8, 4) is 5.75 Å². The van der Waals surface area contributed by atoms with E-state index in [1.54, 1.807) is 0 Å². The molecule has 0 aliphatic carbocycles. The second kappa shape index (κ2) is 5.41. The highest BCUT2D eigenvalue weighted by Crippen LogP contribution is 2.40. The summed E-state index contributed by atoms with van der Waals surface area (Å²) in [4.78, 5) is 11.3. The number of carbonyl (C=O) groups is 1. The van der Waals surface area contributed by atoms with Gasteiger partial charge in [-0.05, 0) is 28.5 Å². The van der Waals surface area contributed by atoms with Gasteiger partial charge in [-0.2, -0.15) is 5.10 Å². The van der Waals surface area contributed by atoms with Gasteiger partial charge >= 0.3 is 0 Å². The minimum Gasteiger partial charge on any atom is -0.507 e. The smallest absolute Gasteiger partial charge is 0.240 e. The fourth-order valence-corrected chi connectivity index (χ4v) is 2.63. The maximum atomic E-state index is 11.3. The minimum absolute atomic E-state index is 0.0466. The van der Waals surface area contributed by atoms with Gasteiger partial charge in [0.25, 0.3) is 0 Å². The number of carbonyl (C=O) groups excluding carboxylic acids is 1. The molecular weight excluding hydrogens is 276 g/mol. The van der Waals surface area contributed by atoms with Crippen molar-refractivity contribution in [1.29, 1.82) is 0 Å². The molecule has 0 aromatic heterocycles. The van der Waals surface area contributed by atoms with E-state index >= 15 is 0 Å². The van der Waals surface area contributed by atoms with Crippen LogP contribution in [0.1, 0.15) is 71.1 Å². The fraction of sp³-hybridized carbons (Fsp3) is 0.556. The van der Waals surface area contributed by atoms with Gasteiger partial charge in [-0.15, -0.1) is 0 Å². The van der Waals surface area contributed by atoms with Crippen molar-refractivity contribution in [2.45, 2.75) is 65.2 Å². The number of aromatic hydroxyl groups is 1. The highest BCUT2D eigenvalue weighted by Gasteiger charge is 2.27. The number of benzene rings is 1. The Morgan fingerprint density at radius 2 is 1.50 bits per heavy atom. The highest BCUT2D eigenvalue weighted by molar-refractivity contribution is 6.04. The fourth-order valence-electron chi connectivity index (χ4n) is 2.63. The normalized spacial score (nSPS) is 16.3. The van der Waals surface area contributed by atoms with E-state index in [9.17, 15) is 9.90 Å². The monoisotopic (exact) mass is 302 g/mol. The largest absolute Gasteiger partial charge is 0.507 e. The summed E-state index contributed by atoms with van der Waals surface area (Å²) in [7, 11) is 0. The molecule has 2 rings (SSSR count). The van der Waals surface area contributed by atoms with Gasteiger partial charge in [-0.3, -0.25) is 4.79 Å². The van der Waals surface area contributed by atoms with Crippen LogP contribution in [-0.4, -0.2) is 16.7 Å². The van der Waals surface area contributed by atoms with Crippen LogP contribution in [-0.2, 0) is 15.6 Å². The molecule has 0 unspecified atom stereocenters. The van der Waals surface area contributed by atoms with Gasteiger partial charge in [0.05, 0.1) is 5.71 Å². The Bertz CT molecular complexity index is 596. The Hall–Kier alpha value is -1.84. The molecule has 1 aromatic carbocycles. The van der Waals surface area contributed by atoms with Crippen LogP contribution in [0.2, 0.25) is 0 Å². The average molecular weight is 302 g/mol. The molecule has 4 nitrogen and oxygen atoms in total. The topological polar surface area (TPSA) is 61.7 Å². The molecule has 120 valence electrons. The molecule has 1 heterocycles. The number of nitrogens with zero attached hydrogens (tertiary/aromatic N) is 1. The van der Waals surface area contributed by atoms with Crippen molar-refractivity contribution in [2.75, 3.05) is 0 Å². The van der Waals surface area contributed by atoms with Gasteiger partial charge in [0.1, 0.15) is 5.75 Å². The highest BCUT2D eigenvalue weighted by atomic mass is 16.3. The third-order valence-corrected chi connectivity index (χ3v) is 3.96. The molecule has 0 fully saturated rings. The van der Waals surface area contributed by atoms with Crippen molar-refractivity contribution in [3.63, 3.8) is 0 Å². The van der Waals surface area contributed by atoms with E-state index in [0.29, 0.717) is 18.6 Å². The molecule has 1 aliphatic rings. The molecule has 1 aromatic rings. The molecule has 1 aliphatic heterocycles. The molecule has 0 saturated heterocycles. The Morgan fingerprint density at radius 3 is 1.86 bits per heavy atom. The second-order valence-electron chi connectivity index (χ2n) is 8.01. The Kier molecular flexibility index (Phi) is 4.07. The van der Waals surface area contributed by atoms with Crippen molar-refractivity contribution < 1.29 is 9.90 Å². The van der Waals surface area contributed by atoms with Gasteiger partial charge in [0.15, 0.2) is 0 Å². The lowest BCUT2D eigenvalue weighted by molar-refractivity contribution is -0.121. The first kappa shape index (κ1) is 16.5. The third-order valence-electron chi connectivity index (χ3n) is 3.96. The van der Waals surface area contributed by atoms with Gasteiger partial charge in [-0.25, -0.2) is 5.43 Å². The van der Waals surface area contributed by atoms with Crippen LogP contribution in [0.4, 0.5) is 0 Å². The van der Waals surface area contributed by atoms with E-state index in [4.69, 9.17) is 0 Å². The van der Waals surface area contributed by atoms with E-state index in [0.717, 1.165) is 22.4 Å². The molecule has 0 radical (unpaired) electrons. The molecule has 1 amide bonds. The molecule has 22 heavy (non-hydrogen) atoms. The predicted molar refractivity (Wildman–Crippen MR) is 89.4 cm³/mol. The number of hydrogen-bond acceptors (Lipinski definition) is 3. The zero-order valence-corrected chi connectivity index (χ0v) is 14.4. The summed E-state index contributed by atoms with van der Waals surface area (Å²) in [6.45, 7) is 12.5. The Morgan fingerprint density at radius 1 is 1.00 bits per heavy atom. The van der Waals surface area contributed by atoms with Crippen molar-refractivity contribution >= 4 is 11.6 Å². The van der Waals surface area contributed by atoms with Crippen LogP contribution in [0.15, 0.2) is 17.2 Å². The van der Waals surface area contributed by atoms with E-state index in [1.165, 1.54) is 0 Å². The number of hydrogen-bond donors (Lipinski definition) is 2. The Balaban J connectivity index is 2.63. The molecule has 2 N–H and O–H groups in total. The van der Waals surface area contributed by atoms with Gasteiger partial charge in [0, 0.05) is 24.0 Å². The minimum atomic E-state index is -0.168. The number of hydrazone groups is 1. The van der Waals surface area contributed by atoms with Crippen LogP contribution in [0.3, 0.4) is 0 Å². The van der Waals surface area contributed by atoms with Crippen LogP contribution >= 0.6 is 0 Å². The third kappa shape index (κ3) is 3.32. The van der Waals surface area contributed by atoms with Crippen molar-refractivity contribution in [3.05, 3.63) is 28.8 Å². The van der Waals surface area contributed by atoms with Crippen molar-refractivity contribution in [2.24, 2.45) is 5.10 Å². The molecule has 0 saturated carbocycles. The quantitative estimate of drug-likeness (QED) is 0.832. The summed E-state index contributed by atoms with van der Waals surface area (Å²) in [6, 6.07) is 4.00. The predicted octanol–water partition coefficient (Wildman–Crippen LogP) is 3.60. The van der Waals surface area contributed by atoms with Crippen LogP contribution in [0.5, 0.6) is 5.75 Å². The first-order valence-electron chi connectivity index (χ1n) is 7.74. The molecule has 0 atom stereocenters. The van der Waals surface area contributed by atoms with Gasteiger partial charge in [0.2, 0.25) is 5.91 Å². The summed E-state index contributed by atoms with van der Waals surface area (Å²) in [5.41, 5.74) is 5.89. The Labute approximate surface area is 132 Å². The van der Waals surface area contributed by atoms with Gasteiger partial charge in [-0.1, -0.05) is 41.5 Å². The zero-order valence-electron chi connectivity index (χ0n) is 14.4. The summed E-state index contributed by atoms with van der Waals surface area (Å²) < 4.78 is 0. The van der Waals surface area contributed by atoms with E-state index < -0.39 is 0 Å². The number of rotatable bonds is 1. The number of phenols is 1. The van der Waals surface area contributed by atoms with Crippen LogP contribution < -0.4 is 5.43 Å². The summed E-state index contributed by atoms with van der Waals surface area (Å²) in [6.07, 6.45) is 1.08. The summed E-state index contributed by atoms with van der Waals surface area (Å²) in [5, 5.41) is 14.9. The second-order valence-corrected chi connectivity index (χ2v) is 8.01. The number of phenolic OH excluding ortho intramolecular Hbond substituents is 1. The summed E-state index contributed by atoms with van der Waals surface area (Å²) >= 11 is 0. The van der Waals surface area contributed by atoms with Crippen molar-refractivity contribution in [1.82, 2.24) is 5.43 Å². The first-order chi connectivity index (χ1) is 10.00. The lowest BCUT2D eigenvalue weighted by Gasteiger charge is -2.28. The maximum absolute atomic E-state index is 11.3. The summed E-state index contributed by atoms with van der Waals surface area (Å²) in [5.74, 6) is 0.318. The molecule has 0 bridgehead atoms. The van der Waals surface area contributed by atoms with Crippen LogP contribution in [0, 0.1) is 0 Å². The standard InChI is InChI=1S/C18H26N2O2/c1-17(2,3)12-9-11(14-7-8-15(21)20-19-14)10-13(16(12)22)18(4,5)6/h9-10,22H,7-8H2,1-6H3,(H,20,21). The molecule has 4 heteroatoms.